The SMILES string of the molecule is CCN(CC)C(=O)c1ccc(NC(=O)COc2ccc(Br)cc2C(C)=O)cc1. The Balaban J connectivity index is 1.97. The summed E-state index contributed by atoms with van der Waals surface area (Å²) in [6, 6.07) is 11.7. The van der Waals surface area contributed by atoms with E-state index in [0.717, 1.165) is 4.47 Å². The lowest BCUT2D eigenvalue weighted by atomic mass is 10.1. The smallest absolute Gasteiger partial charge is 0.262 e. The summed E-state index contributed by atoms with van der Waals surface area (Å²) >= 11 is 3.31. The van der Waals surface area contributed by atoms with Gasteiger partial charge in [-0.25, -0.2) is 0 Å². The number of hydrogen-bond donors (Lipinski definition) is 1. The van der Waals surface area contributed by atoms with E-state index in [9.17, 15) is 14.4 Å². The number of ether oxygens (including phenoxy) is 1. The third-order valence-corrected chi connectivity index (χ3v) is 4.64. The lowest BCUT2D eigenvalue weighted by Gasteiger charge is -2.18. The number of nitrogens with one attached hydrogen (secondary N) is 1. The molecule has 0 saturated carbocycles. The van der Waals surface area contributed by atoms with Gasteiger partial charge in [0.15, 0.2) is 12.4 Å². The maximum atomic E-state index is 12.3. The first-order valence-corrected chi connectivity index (χ1v) is 9.77. The number of rotatable bonds is 8. The Morgan fingerprint density at radius 3 is 2.25 bits per heavy atom. The van der Waals surface area contributed by atoms with Crippen LogP contribution in [0.2, 0.25) is 0 Å². The predicted octanol–water partition coefficient (Wildman–Crippen LogP) is 4.15. The zero-order valence-corrected chi connectivity index (χ0v) is 17.7. The molecular formula is C21H23BrN2O4. The van der Waals surface area contributed by atoms with Gasteiger partial charge in [0.25, 0.3) is 11.8 Å². The summed E-state index contributed by atoms with van der Waals surface area (Å²) in [6.45, 7) is 6.35. The van der Waals surface area contributed by atoms with E-state index in [2.05, 4.69) is 21.2 Å². The van der Waals surface area contributed by atoms with E-state index in [1.165, 1.54) is 6.92 Å². The van der Waals surface area contributed by atoms with Gasteiger partial charge >= 0.3 is 0 Å². The third-order valence-electron chi connectivity index (χ3n) is 4.15. The average Bonchev–Trinajstić information content (AvgIpc) is 2.68. The highest BCUT2D eigenvalue weighted by molar-refractivity contribution is 9.10. The monoisotopic (exact) mass is 446 g/mol. The van der Waals surface area contributed by atoms with Crippen LogP contribution in [0.15, 0.2) is 46.9 Å². The summed E-state index contributed by atoms with van der Waals surface area (Å²) in [5.74, 6) is -0.199. The van der Waals surface area contributed by atoms with Crippen LogP contribution in [0, 0.1) is 0 Å². The molecule has 0 radical (unpaired) electrons. The normalized spacial score (nSPS) is 10.3. The Bertz CT molecular complexity index is 861. The molecule has 6 nitrogen and oxygen atoms in total. The lowest BCUT2D eigenvalue weighted by Crippen LogP contribution is -2.30. The second-order valence-electron chi connectivity index (χ2n) is 6.09. The van der Waals surface area contributed by atoms with Crippen LogP contribution in [-0.4, -0.2) is 42.2 Å². The van der Waals surface area contributed by atoms with Crippen LogP contribution in [0.3, 0.4) is 0 Å². The van der Waals surface area contributed by atoms with Crippen molar-refractivity contribution in [3.63, 3.8) is 0 Å². The topological polar surface area (TPSA) is 75.7 Å². The van der Waals surface area contributed by atoms with Crippen molar-refractivity contribution in [3.8, 4) is 5.75 Å². The van der Waals surface area contributed by atoms with Gasteiger partial charge in [-0.1, -0.05) is 15.9 Å². The largest absolute Gasteiger partial charge is 0.483 e. The summed E-state index contributed by atoms with van der Waals surface area (Å²) in [7, 11) is 0. The van der Waals surface area contributed by atoms with Crippen molar-refractivity contribution in [2.45, 2.75) is 20.8 Å². The first kappa shape index (κ1) is 21.6. The lowest BCUT2D eigenvalue weighted by molar-refractivity contribution is -0.118. The molecule has 0 aromatic heterocycles. The molecule has 0 aliphatic rings. The van der Waals surface area contributed by atoms with Gasteiger partial charge in [-0.05, 0) is 63.2 Å². The van der Waals surface area contributed by atoms with Crippen LogP contribution < -0.4 is 10.1 Å². The minimum Gasteiger partial charge on any atom is -0.483 e. The molecule has 148 valence electrons. The van der Waals surface area contributed by atoms with Crippen molar-refractivity contribution in [3.05, 3.63) is 58.1 Å². The molecule has 0 bridgehead atoms. The molecule has 2 aromatic rings. The van der Waals surface area contributed by atoms with Crippen LogP contribution in [0.4, 0.5) is 5.69 Å². The molecular weight excluding hydrogens is 424 g/mol. The molecule has 0 aliphatic carbocycles. The minimum atomic E-state index is -0.361. The van der Waals surface area contributed by atoms with E-state index in [4.69, 9.17) is 4.74 Å². The van der Waals surface area contributed by atoms with Crippen LogP contribution in [0.1, 0.15) is 41.5 Å². The van der Waals surface area contributed by atoms with Crippen LogP contribution in [-0.2, 0) is 4.79 Å². The highest BCUT2D eigenvalue weighted by Crippen LogP contribution is 2.23. The molecule has 2 amide bonds. The zero-order chi connectivity index (χ0) is 20.7. The molecule has 2 aromatic carbocycles. The Kier molecular flexibility index (Phi) is 7.75. The Hall–Kier alpha value is -2.67. The second kappa shape index (κ2) is 10.0. The van der Waals surface area contributed by atoms with Crippen molar-refractivity contribution in [1.29, 1.82) is 0 Å². The van der Waals surface area contributed by atoms with Crippen molar-refractivity contribution in [1.82, 2.24) is 4.90 Å². The Labute approximate surface area is 173 Å². The van der Waals surface area contributed by atoms with Crippen LogP contribution in [0.5, 0.6) is 5.75 Å². The van der Waals surface area contributed by atoms with E-state index >= 15 is 0 Å². The minimum absolute atomic E-state index is 0.0433. The molecule has 0 saturated heterocycles. The van der Waals surface area contributed by atoms with E-state index in [1.807, 2.05) is 13.8 Å². The fraction of sp³-hybridized carbons (Fsp3) is 0.286. The van der Waals surface area contributed by atoms with Crippen LogP contribution >= 0.6 is 15.9 Å². The van der Waals surface area contributed by atoms with E-state index in [-0.39, 0.29) is 24.2 Å². The number of nitrogens with zero attached hydrogens (tertiary/aromatic N) is 1. The predicted molar refractivity (Wildman–Crippen MR) is 112 cm³/mol. The number of carbonyl (C=O) groups is 3. The van der Waals surface area contributed by atoms with Gasteiger partial charge < -0.3 is 15.0 Å². The van der Waals surface area contributed by atoms with Gasteiger partial charge in [-0.3, -0.25) is 14.4 Å². The van der Waals surface area contributed by atoms with Gasteiger partial charge in [0.1, 0.15) is 5.75 Å². The van der Waals surface area contributed by atoms with Gasteiger partial charge in [0.05, 0.1) is 5.56 Å². The van der Waals surface area contributed by atoms with E-state index < -0.39 is 0 Å². The molecule has 0 fully saturated rings. The van der Waals surface area contributed by atoms with Gasteiger partial charge in [0.2, 0.25) is 0 Å². The third kappa shape index (κ3) is 5.66. The zero-order valence-electron chi connectivity index (χ0n) is 16.1. The van der Waals surface area contributed by atoms with Gasteiger partial charge in [-0.15, -0.1) is 0 Å². The molecule has 0 atom stereocenters. The number of halogens is 1. The Morgan fingerprint density at radius 1 is 1.04 bits per heavy atom. The van der Waals surface area contributed by atoms with Crippen molar-refractivity contribution in [2.75, 3.05) is 25.0 Å². The summed E-state index contributed by atoms with van der Waals surface area (Å²) < 4.78 is 6.25. The first-order valence-electron chi connectivity index (χ1n) is 8.98. The Morgan fingerprint density at radius 2 is 1.68 bits per heavy atom. The van der Waals surface area contributed by atoms with E-state index in [1.54, 1.807) is 47.4 Å². The number of amides is 2. The summed E-state index contributed by atoms with van der Waals surface area (Å²) in [4.78, 5) is 37.9. The molecule has 1 N–H and O–H groups in total. The maximum Gasteiger partial charge on any atom is 0.262 e. The van der Waals surface area contributed by atoms with Crippen molar-refractivity contribution in [2.24, 2.45) is 0 Å². The molecule has 28 heavy (non-hydrogen) atoms. The summed E-state index contributed by atoms with van der Waals surface area (Å²) in [5.41, 5.74) is 1.53. The number of anilines is 1. The molecule has 0 spiro atoms. The number of hydrogen-bond acceptors (Lipinski definition) is 4. The number of benzene rings is 2. The fourth-order valence-corrected chi connectivity index (χ4v) is 2.99. The first-order chi connectivity index (χ1) is 13.3. The number of carbonyl (C=O) groups excluding carboxylic acids is 3. The molecule has 0 unspecified atom stereocenters. The standard InChI is InChI=1S/C21H23BrN2O4/c1-4-24(5-2)21(27)15-6-9-17(10-7-15)23-20(26)13-28-19-11-8-16(22)12-18(19)14(3)25/h6-12H,4-5,13H2,1-3H3,(H,23,26). The quantitative estimate of drug-likeness (QED) is 0.617. The summed E-state index contributed by atoms with van der Waals surface area (Å²) in [6.07, 6.45) is 0. The fourth-order valence-electron chi connectivity index (χ4n) is 2.63. The highest BCUT2D eigenvalue weighted by atomic mass is 79.9. The number of ketones is 1. The van der Waals surface area contributed by atoms with E-state index in [0.29, 0.717) is 35.7 Å². The average molecular weight is 447 g/mol. The molecule has 7 heteroatoms. The highest BCUT2D eigenvalue weighted by Gasteiger charge is 2.13. The van der Waals surface area contributed by atoms with Gasteiger partial charge in [-0.2, -0.15) is 0 Å². The number of Topliss-reactive ketones (excluding diaryl/α,β-unsaturated/α-hetero) is 1. The maximum absolute atomic E-state index is 12.3. The summed E-state index contributed by atoms with van der Waals surface area (Å²) in [5, 5.41) is 2.71. The van der Waals surface area contributed by atoms with Crippen LogP contribution in [0.25, 0.3) is 0 Å². The van der Waals surface area contributed by atoms with Crippen molar-refractivity contribution < 1.29 is 19.1 Å². The molecule has 2 rings (SSSR count). The van der Waals surface area contributed by atoms with Crippen molar-refractivity contribution >= 4 is 39.2 Å². The van der Waals surface area contributed by atoms with Gasteiger partial charge in [0, 0.05) is 28.8 Å². The molecule has 0 aliphatic heterocycles. The molecule has 0 heterocycles. The second-order valence-corrected chi connectivity index (χ2v) is 7.00.